The fourth-order valence-corrected chi connectivity index (χ4v) is 5.73. The van der Waals surface area contributed by atoms with Crippen LogP contribution >= 0.6 is 0 Å². The third kappa shape index (κ3) is 3.04. The molecule has 0 fully saturated rings. The summed E-state index contributed by atoms with van der Waals surface area (Å²) in [4.78, 5) is 9.77. The van der Waals surface area contributed by atoms with Gasteiger partial charge in [0.1, 0.15) is 0 Å². The summed E-state index contributed by atoms with van der Waals surface area (Å²) >= 11 is 0. The van der Waals surface area contributed by atoms with Crippen molar-refractivity contribution in [1.82, 2.24) is 19.1 Å². The summed E-state index contributed by atoms with van der Waals surface area (Å²) < 4.78 is 4.48. The van der Waals surface area contributed by atoms with Crippen LogP contribution in [0.1, 0.15) is 0 Å². The van der Waals surface area contributed by atoms with E-state index >= 15 is 0 Å². The van der Waals surface area contributed by atoms with Crippen molar-refractivity contribution < 1.29 is 0 Å². The lowest BCUT2D eigenvalue weighted by Gasteiger charge is -2.11. The van der Waals surface area contributed by atoms with Crippen LogP contribution in [-0.2, 0) is 0 Å². The van der Waals surface area contributed by atoms with E-state index in [0.29, 0.717) is 5.95 Å². The van der Waals surface area contributed by atoms with Gasteiger partial charge in [-0.3, -0.25) is 4.57 Å². The second kappa shape index (κ2) is 8.15. The molecule has 0 aliphatic rings. The van der Waals surface area contributed by atoms with E-state index in [0.717, 1.165) is 27.8 Å². The Morgan fingerprint density at radius 3 is 2.03 bits per heavy atom. The molecule has 0 atom stereocenters. The van der Waals surface area contributed by atoms with Gasteiger partial charge in [0.15, 0.2) is 0 Å². The first-order valence-corrected chi connectivity index (χ1v) is 12.8. The molecule has 0 unspecified atom stereocenters. The van der Waals surface area contributed by atoms with Crippen molar-refractivity contribution in [2.45, 2.75) is 0 Å². The summed E-state index contributed by atoms with van der Waals surface area (Å²) in [5, 5.41) is 6.01. The first-order valence-electron chi connectivity index (χ1n) is 12.8. The monoisotopic (exact) mass is 486 g/mol. The molecule has 0 amide bonds. The van der Waals surface area contributed by atoms with E-state index in [9.17, 15) is 0 Å². The van der Waals surface area contributed by atoms with Crippen LogP contribution in [0.2, 0.25) is 0 Å². The molecule has 38 heavy (non-hydrogen) atoms. The maximum atomic E-state index is 4.88. The first-order chi connectivity index (χ1) is 18.9. The topological polar surface area (TPSA) is 35.6 Å². The predicted octanol–water partition coefficient (Wildman–Crippen LogP) is 8.34. The molecule has 0 spiro atoms. The van der Waals surface area contributed by atoms with E-state index in [1.165, 1.54) is 32.4 Å². The van der Waals surface area contributed by atoms with E-state index in [1.54, 1.807) is 0 Å². The van der Waals surface area contributed by atoms with Crippen LogP contribution in [0.15, 0.2) is 134 Å². The SMILES string of the molecule is c1ccc(-c2cnc(-n3c4ccccc4c4ccc5ccc6c(ccn6-c6ccccc6)c5c43)nc2)cc1. The zero-order valence-corrected chi connectivity index (χ0v) is 20.5. The van der Waals surface area contributed by atoms with Crippen molar-refractivity contribution in [3.63, 3.8) is 0 Å². The Morgan fingerprint density at radius 1 is 0.500 bits per heavy atom. The Labute approximate surface area is 219 Å². The molecule has 0 aliphatic heterocycles. The summed E-state index contributed by atoms with van der Waals surface area (Å²) in [7, 11) is 0. The van der Waals surface area contributed by atoms with Gasteiger partial charge in [-0.1, -0.05) is 84.9 Å². The van der Waals surface area contributed by atoms with Crippen LogP contribution in [0.3, 0.4) is 0 Å². The van der Waals surface area contributed by atoms with Crippen molar-refractivity contribution in [2.24, 2.45) is 0 Å². The number of para-hydroxylation sites is 2. The molecule has 0 radical (unpaired) electrons. The largest absolute Gasteiger partial charge is 0.317 e. The minimum absolute atomic E-state index is 0.669. The molecule has 0 aliphatic carbocycles. The van der Waals surface area contributed by atoms with Crippen molar-refractivity contribution in [1.29, 1.82) is 0 Å². The van der Waals surface area contributed by atoms with E-state index in [2.05, 4.69) is 112 Å². The summed E-state index contributed by atoms with van der Waals surface area (Å²) in [6.07, 6.45) is 6.01. The van der Waals surface area contributed by atoms with Crippen LogP contribution < -0.4 is 0 Å². The average molecular weight is 487 g/mol. The highest BCUT2D eigenvalue weighted by molar-refractivity contribution is 6.25. The number of aromatic nitrogens is 4. The summed E-state index contributed by atoms with van der Waals surface area (Å²) in [5.41, 5.74) is 6.66. The van der Waals surface area contributed by atoms with Crippen LogP contribution in [0, 0.1) is 0 Å². The Balaban J connectivity index is 1.46. The van der Waals surface area contributed by atoms with Gasteiger partial charge in [0, 0.05) is 51.4 Å². The maximum Gasteiger partial charge on any atom is 0.234 e. The van der Waals surface area contributed by atoms with Gasteiger partial charge >= 0.3 is 0 Å². The summed E-state index contributed by atoms with van der Waals surface area (Å²) in [6.45, 7) is 0. The van der Waals surface area contributed by atoms with Crippen LogP contribution in [0.5, 0.6) is 0 Å². The maximum absolute atomic E-state index is 4.88. The second-order valence-corrected chi connectivity index (χ2v) is 9.57. The van der Waals surface area contributed by atoms with Crippen molar-refractivity contribution in [2.75, 3.05) is 0 Å². The van der Waals surface area contributed by atoms with Gasteiger partial charge in [0.05, 0.1) is 16.6 Å². The highest BCUT2D eigenvalue weighted by atomic mass is 15.1. The zero-order chi connectivity index (χ0) is 25.1. The lowest BCUT2D eigenvalue weighted by Crippen LogP contribution is -2.01. The van der Waals surface area contributed by atoms with E-state index < -0.39 is 0 Å². The number of benzene rings is 5. The first kappa shape index (κ1) is 20.9. The molecule has 0 saturated carbocycles. The summed E-state index contributed by atoms with van der Waals surface area (Å²) in [5.74, 6) is 0.669. The van der Waals surface area contributed by atoms with E-state index in [-0.39, 0.29) is 0 Å². The fourth-order valence-electron chi connectivity index (χ4n) is 5.73. The number of nitrogens with zero attached hydrogens (tertiary/aromatic N) is 4. The standard InChI is InChI=1S/C34H22N4/c1-3-9-23(10-4-1)25-21-35-34(36-22-25)38-31-14-8-7-13-27(31)28-17-15-24-16-18-30-29(32(24)33(28)38)19-20-37(30)26-11-5-2-6-12-26/h1-22H. The molecule has 8 aromatic rings. The molecule has 4 nitrogen and oxygen atoms in total. The molecule has 3 aromatic heterocycles. The van der Waals surface area contributed by atoms with Crippen molar-refractivity contribution >= 4 is 43.5 Å². The van der Waals surface area contributed by atoms with Gasteiger partial charge in [-0.15, -0.1) is 0 Å². The van der Waals surface area contributed by atoms with Crippen LogP contribution in [-0.4, -0.2) is 19.1 Å². The Hall–Kier alpha value is -5.22. The molecular weight excluding hydrogens is 464 g/mol. The van der Waals surface area contributed by atoms with Gasteiger partial charge in [-0.05, 0) is 41.3 Å². The smallest absolute Gasteiger partial charge is 0.234 e. The van der Waals surface area contributed by atoms with Gasteiger partial charge in [-0.25, -0.2) is 9.97 Å². The lowest BCUT2D eigenvalue weighted by atomic mass is 10.0. The van der Waals surface area contributed by atoms with Crippen molar-refractivity contribution in [3.8, 4) is 22.8 Å². The number of rotatable bonds is 3. The Bertz CT molecular complexity index is 2100. The fraction of sp³-hybridized carbons (Fsp3) is 0. The second-order valence-electron chi connectivity index (χ2n) is 9.57. The molecule has 5 aromatic carbocycles. The Kier molecular flexibility index (Phi) is 4.49. The Morgan fingerprint density at radius 2 is 1.21 bits per heavy atom. The quantitative estimate of drug-likeness (QED) is 0.252. The molecule has 8 rings (SSSR count). The third-order valence-corrected chi connectivity index (χ3v) is 7.46. The highest BCUT2D eigenvalue weighted by Crippen LogP contribution is 2.39. The molecule has 178 valence electrons. The molecule has 0 bridgehead atoms. The van der Waals surface area contributed by atoms with Crippen LogP contribution in [0.25, 0.3) is 66.2 Å². The van der Waals surface area contributed by atoms with E-state index in [1.807, 2.05) is 30.6 Å². The lowest BCUT2D eigenvalue weighted by molar-refractivity contribution is 0.993. The average Bonchev–Trinajstić information content (AvgIpc) is 3.58. The van der Waals surface area contributed by atoms with Crippen LogP contribution in [0.4, 0.5) is 0 Å². The van der Waals surface area contributed by atoms with Gasteiger partial charge in [0.2, 0.25) is 5.95 Å². The van der Waals surface area contributed by atoms with Crippen molar-refractivity contribution in [3.05, 3.63) is 134 Å². The van der Waals surface area contributed by atoms with Gasteiger partial charge in [0.25, 0.3) is 0 Å². The highest BCUT2D eigenvalue weighted by Gasteiger charge is 2.19. The normalized spacial score (nSPS) is 11.7. The van der Waals surface area contributed by atoms with E-state index in [4.69, 9.17) is 9.97 Å². The van der Waals surface area contributed by atoms with Gasteiger partial charge in [-0.2, -0.15) is 0 Å². The minimum Gasteiger partial charge on any atom is -0.317 e. The molecule has 4 heteroatoms. The molecular formula is C34H22N4. The van der Waals surface area contributed by atoms with Gasteiger partial charge < -0.3 is 4.57 Å². The number of hydrogen-bond acceptors (Lipinski definition) is 2. The predicted molar refractivity (Wildman–Crippen MR) is 156 cm³/mol. The zero-order valence-electron chi connectivity index (χ0n) is 20.5. The third-order valence-electron chi connectivity index (χ3n) is 7.46. The molecule has 3 heterocycles. The number of hydrogen-bond donors (Lipinski definition) is 0. The molecule has 0 N–H and O–H groups in total. The minimum atomic E-state index is 0.669. The number of fused-ring (bicyclic) bond motifs is 7. The molecule has 0 saturated heterocycles. The summed E-state index contributed by atoms with van der Waals surface area (Å²) in [6, 6.07) is 40.4.